The Morgan fingerprint density at radius 1 is 1.33 bits per heavy atom. The number of aryl methyl sites for hydroxylation is 2. The maximum Gasteiger partial charge on any atom is 0.233 e. The van der Waals surface area contributed by atoms with E-state index in [1.165, 1.54) is 22.9 Å². The second kappa shape index (κ2) is 8.30. The first-order valence-corrected chi connectivity index (χ1v) is 8.77. The summed E-state index contributed by atoms with van der Waals surface area (Å²) in [5.74, 6) is 0.00182. The Hall–Kier alpha value is -1.86. The van der Waals surface area contributed by atoms with E-state index in [2.05, 4.69) is 51.6 Å². The molecule has 0 fully saturated rings. The lowest BCUT2D eigenvalue weighted by Crippen LogP contribution is -2.38. The molecular weight excluding hydrogens is 322 g/mol. The third-order valence-corrected chi connectivity index (χ3v) is 5.02. The molecule has 2 atom stereocenters. The van der Waals surface area contributed by atoms with E-state index >= 15 is 0 Å². The summed E-state index contributed by atoms with van der Waals surface area (Å²) in [6.07, 6.45) is 1.63. The minimum absolute atomic E-state index is 0.00182. The summed E-state index contributed by atoms with van der Waals surface area (Å²) in [5, 5.41) is 11.4. The van der Waals surface area contributed by atoms with Crippen LogP contribution in [0.15, 0.2) is 35.7 Å². The lowest BCUT2D eigenvalue weighted by atomic mass is 10.0. The van der Waals surface area contributed by atoms with Crippen LogP contribution in [-0.4, -0.2) is 51.5 Å². The van der Waals surface area contributed by atoms with Crippen molar-refractivity contribution in [2.45, 2.75) is 30.3 Å². The number of aromatic nitrogens is 3. The van der Waals surface area contributed by atoms with E-state index in [0.29, 0.717) is 6.54 Å². The molecule has 0 bridgehead atoms. The van der Waals surface area contributed by atoms with Gasteiger partial charge in [-0.05, 0) is 33.5 Å². The van der Waals surface area contributed by atoms with Gasteiger partial charge in [0.25, 0.3) is 0 Å². The smallest absolute Gasteiger partial charge is 0.233 e. The zero-order valence-corrected chi connectivity index (χ0v) is 15.7. The van der Waals surface area contributed by atoms with Crippen LogP contribution in [0.4, 0.5) is 0 Å². The Morgan fingerprint density at radius 2 is 2.00 bits per heavy atom. The maximum atomic E-state index is 12.4. The highest BCUT2D eigenvalue weighted by Gasteiger charge is 2.20. The van der Waals surface area contributed by atoms with Crippen LogP contribution in [-0.2, 0) is 11.8 Å². The zero-order valence-electron chi connectivity index (χ0n) is 14.9. The molecule has 0 saturated heterocycles. The predicted molar refractivity (Wildman–Crippen MR) is 96.9 cm³/mol. The molecule has 1 aromatic carbocycles. The fraction of sp³-hybridized carbons (Fsp3) is 0.471. The number of carbonyl (C=O) groups excluding carboxylic acids is 1. The fourth-order valence-electron chi connectivity index (χ4n) is 2.32. The highest BCUT2D eigenvalue weighted by Crippen LogP contribution is 2.21. The molecule has 0 spiro atoms. The van der Waals surface area contributed by atoms with Crippen molar-refractivity contribution < 1.29 is 4.79 Å². The van der Waals surface area contributed by atoms with E-state index in [-0.39, 0.29) is 17.2 Å². The number of amides is 1. The second-order valence-electron chi connectivity index (χ2n) is 6.12. The van der Waals surface area contributed by atoms with Gasteiger partial charge >= 0.3 is 0 Å². The number of hydrogen-bond donors (Lipinski definition) is 1. The maximum absolute atomic E-state index is 12.4. The lowest BCUT2D eigenvalue weighted by molar-refractivity contribution is -0.120. The predicted octanol–water partition coefficient (Wildman–Crippen LogP) is 2.02. The molecule has 0 radical (unpaired) electrons. The van der Waals surface area contributed by atoms with Crippen LogP contribution in [0.25, 0.3) is 0 Å². The average molecular weight is 347 g/mol. The molecule has 24 heavy (non-hydrogen) atoms. The molecule has 1 aromatic heterocycles. The first-order valence-electron chi connectivity index (χ1n) is 7.90. The molecule has 130 valence electrons. The summed E-state index contributed by atoms with van der Waals surface area (Å²) in [6.45, 7) is 4.52. The number of nitrogens with one attached hydrogen (secondary N) is 1. The molecule has 2 rings (SSSR count). The minimum Gasteiger partial charge on any atom is -0.353 e. The molecule has 1 heterocycles. The van der Waals surface area contributed by atoms with E-state index in [1.807, 2.05) is 32.6 Å². The van der Waals surface area contributed by atoms with Crippen molar-refractivity contribution in [2.24, 2.45) is 7.05 Å². The van der Waals surface area contributed by atoms with Crippen LogP contribution in [0, 0.1) is 6.92 Å². The Bertz CT molecular complexity index is 668. The zero-order chi connectivity index (χ0) is 17.7. The van der Waals surface area contributed by atoms with Crippen LogP contribution in [0.2, 0.25) is 0 Å². The van der Waals surface area contributed by atoms with E-state index in [0.717, 1.165) is 5.16 Å². The van der Waals surface area contributed by atoms with Gasteiger partial charge in [0.15, 0.2) is 5.16 Å². The van der Waals surface area contributed by atoms with Gasteiger partial charge in [-0.3, -0.25) is 4.79 Å². The van der Waals surface area contributed by atoms with Crippen molar-refractivity contribution in [2.75, 3.05) is 20.6 Å². The Morgan fingerprint density at radius 3 is 2.54 bits per heavy atom. The van der Waals surface area contributed by atoms with Gasteiger partial charge in [0, 0.05) is 13.6 Å². The number of hydrogen-bond acceptors (Lipinski definition) is 5. The van der Waals surface area contributed by atoms with Crippen molar-refractivity contribution in [3.8, 4) is 0 Å². The number of thioether (sulfide) groups is 1. The molecule has 7 heteroatoms. The van der Waals surface area contributed by atoms with Gasteiger partial charge in [-0.25, -0.2) is 0 Å². The molecule has 0 aliphatic carbocycles. The van der Waals surface area contributed by atoms with Gasteiger partial charge in [-0.2, -0.15) is 0 Å². The van der Waals surface area contributed by atoms with Crippen molar-refractivity contribution in [3.63, 3.8) is 0 Å². The molecule has 2 aromatic rings. The van der Waals surface area contributed by atoms with Gasteiger partial charge < -0.3 is 14.8 Å². The Balaban J connectivity index is 1.94. The SMILES string of the molecule is Cc1ccc([C@H](CNC(=O)[C@H](C)Sc2nncn2C)N(C)C)cc1. The molecule has 1 N–H and O–H groups in total. The van der Waals surface area contributed by atoms with E-state index < -0.39 is 0 Å². The number of rotatable bonds is 7. The molecule has 1 amide bonds. The monoisotopic (exact) mass is 347 g/mol. The van der Waals surface area contributed by atoms with Crippen LogP contribution in [0.3, 0.4) is 0 Å². The highest BCUT2D eigenvalue weighted by atomic mass is 32.2. The van der Waals surface area contributed by atoms with E-state index in [1.54, 1.807) is 6.33 Å². The molecule has 0 saturated carbocycles. The van der Waals surface area contributed by atoms with E-state index in [9.17, 15) is 4.79 Å². The third kappa shape index (κ3) is 4.82. The molecular formula is C17H25N5OS. The summed E-state index contributed by atoms with van der Waals surface area (Å²) in [7, 11) is 5.91. The van der Waals surface area contributed by atoms with Crippen molar-refractivity contribution in [3.05, 3.63) is 41.7 Å². The van der Waals surface area contributed by atoms with Crippen LogP contribution >= 0.6 is 11.8 Å². The largest absolute Gasteiger partial charge is 0.353 e. The molecule has 6 nitrogen and oxygen atoms in total. The van der Waals surface area contributed by atoms with Crippen LogP contribution < -0.4 is 5.32 Å². The van der Waals surface area contributed by atoms with Crippen molar-refractivity contribution >= 4 is 17.7 Å². The summed E-state index contributed by atoms with van der Waals surface area (Å²) in [5.41, 5.74) is 2.42. The van der Waals surface area contributed by atoms with Crippen LogP contribution in [0.1, 0.15) is 24.1 Å². The Kier molecular flexibility index (Phi) is 6.39. The number of nitrogens with zero attached hydrogens (tertiary/aromatic N) is 4. The first kappa shape index (κ1) is 18.5. The minimum atomic E-state index is -0.228. The summed E-state index contributed by atoms with van der Waals surface area (Å²) >= 11 is 1.41. The third-order valence-electron chi connectivity index (χ3n) is 3.88. The Labute approximate surface area is 147 Å². The molecule has 0 aliphatic heterocycles. The quantitative estimate of drug-likeness (QED) is 0.777. The fourth-order valence-corrected chi connectivity index (χ4v) is 3.13. The molecule has 0 aliphatic rings. The molecule has 0 unspecified atom stereocenters. The summed E-state index contributed by atoms with van der Waals surface area (Å²) < 4.78 is 1.81. The lowest BCUT2D eigenvalue weighted by Gasteiger charge is -2.26. The van der Waals surface area contributed by atoms with Gasteiger partial charge in [0.2, 0.25) is 5.91 Å². The number of carbonyl (C=O) groups is 1. The van der Waals surface area contributed by atoms with Crippen molar-refractivity contribution in [1.29, 1.82) is 0 Å². The van der Waals surface area contributed by atoms with Gasteiger partial charge in [-0.15, -0.1) is 10.2 Å². The van der Waals surface area contributed by atoms with Gasteiger partial charge in [0.1, 0.15) is 6.33 Å². The number of benzene rings is 1. The first-order chi connectivity index (χ1) is 11.4. The summed E-state index contributed by atoms with van der Waals surface area (Å²) in [4.78, 5) is 14.5. The van der Waals surface area contributed by atoms with Gasteiger partial charge in [-0.1, -0.05) is 41.6 Å². The highest BCUT2D eigenvalue weighted by molar-refractivity contribution is 8.00. The van der Waals surface area contributed by atoms with E-state index in [4.69, 9.17) is 0 Å². The van der Waals surface area contributed by atoms with Crippen molar-refractivity contribution in [1.82, 2.24) is 25.0 Å². The van der Waals surface area contributed by atoms with Gasteiger partial charge in [0.05, 0.1) is 11.3 Å². The second-order valence-corrected chi connectivity index (χ2v) is 7.43. The topological polar surface area (TPSA) is 63.1 Å². The number of likely N-dealkylation sites (N-methyl/N-ethyl adjacent to an activating group) is 1. The summed E-state index contributed by atoms with van der Waals surface area (Å²) in [6, 6.07) is 8.57. The normalized spacial score (nSPS) is 13.8. The standard InChI is InChI=1S/C17H25N5OS/c1-12-6-8-14(9-7-12)15(21(3)4)10-18-16(23)13(2)24-17-20-19-11-22(17)5/h6-9,11,13,15H,10H2,1-5H3,(H,18,23)/t13-,15-/m0/s1. The average Bonchev–Trinajstić information content (AvgIpc) is 2.93. The van der Waals surface area contributed by atoms with Crippen LogP contribution in [0.5, 0.6) is 0 Å².